The van der Waals surface area contributed by atoms with E-state index >= 15 is 0 Å². The highest BCUT2D eigenvalue weighted by Crippen LogP contribution is 2.30. The van der Waals surface area contributed by atoms with Crippen molar-refractivity contribution >= 4 is 5.97 Å². The Balaban J connectivity index is 2.13. The van der Waals surface area contributed by atoms with E-state index in [2.05, 4.69) is 21.9 Å². The third-order valence-electron chi connectivity index (χ3n) is 2.22. The molecule has 0 N–H and O–H groups in total. The fraction of sp³-hybridized carbons (Fsp3) is 0.111. The van der Waals surface area contributed by atoms with E-state index in [9.17, 15) is 4.79 Å². The van der Waals surface area contributed by atoms with Crippen LogP contribution in [-0.2, 0) is 4.74 Å². The number of cyclic esters (lactones) is 1. The number of hydrogen-bond acceptors (Lipinski definition) is 5. The molecule has 0 saturated carbocycles. The van der Waals surface area contributed by atoms with Crippen LogP contribution in [0.4, 0.5) is 0 Å². The second-order valence-corrected chi connectivity index (χ2v) is 3.07. The largest absolute Gasteiger partial charge is 0.431 e. The summed E-state index contributed by atoms with van der Waals surface area (Å²) >= 11 is 0. The molecule has 1 aromatic heterocycles. The van der Waals surface area contributed by atoms with Crippen molar-refractivity contribution in [2.24, 2.45) is 0 Å². The van der Waals surface area contributed by atoms with Crippen LogP contribution in [0, 0.1) is 6.33 Å². The van der Waals surface area contributed by atoms with Crippen molar-refractivity contribution in [3.8, 4) is 0 Å². The number of tetrazole rings is 1. The van der Waals surface area contributed by atoms with E-state index in [4.69, 9.17) is 4.74 Å². The van der Waals surface area contributed by atoms with E-state index in [-0.39, 0.29) is 5.97 Å². The van der Waals surface area contributed by atoms with Crippen molar-refractivity contribution in [2.75, 3.05) is 0 Å². The molecule has 15 heavy (non-hydrogen) atoms. The molecular formula is C9H5N4O2. The lowest BCUT2D eigenvalue weighted by Gasteiger charge is -2.07. The van der Waals surface area contributed by atoms with Crippen molar-refractivity contribution in [2.45, 2.75) is 6.23 Å². The lowest BCUT2D eigenvalue weighted by atomic mass is 10.1. The molecule has 0 saturated heterocycles. The third-order valence-corrected chi connectivity index (χ3v) is 2.22. The highest BCUT2D eigenvalue weighted by Gasteiger charge is 2.32. The first-order valence-corrected chi connectivity index (χ1v) is 4.32. The lowest BCUT2D eigenvalue weighted by molar-refractivity contribution is 0.0284. The average molecular weight is 201 g/mol. The number of esters is 1. The van der Waals surface area contributed by atoms with E-state index in [1.807, 2.05) is 6.07 Å². The zero-order chi connectivity index (χ0) is 10.3. The van der Waals surface area contributed by atoms with Crippen molar-refractivity contribution in [1.82, 2.24) is 20.2 Å². The highest BCUT2D eigenvalue weighted by atomic mass is 16.6. The van der Waals surface area contributed by atoms with E-state index in [1.54, 1.807) is 18.2 Å². The van der Waals surface area contributed by atoms with Gasteiger partial charge < -0.3 is 4.74 Å². The second kappa shape index (κ2) is 2.88. The number of ether oxygens (including phenoxy) is 1. The summed E-state index contributed by atoms with van der Waals surface area (Å²) in [6.45, 7) is 0. The third kappa shape index (κ3) is 1.11. The minimum absolute atomic E-state index is 0.362. The molecule has 0 aliphatic carbocycles. The number of rotatable bonds is 1. The molecule has 0 spiro atoms. The first-order valence-electron chi connectivity index (χ1n) is 4.32. The Morgan fingerprint density at radius 1 is 1.40 bits per heavy atom. The summed E-state index contributed by atoms with van der Waals surface area (Å²) in [5, 5.41) is 10.5. The maximum Gasteiger partial charge on any atom is 0.340 e. The van der Waals surface area contributed by atoms with E-state index in [1.165, 1.54) is 4.68 Å². The van der Waals surface area contributed by atoms with Gasteiger partial charge in [-0.05, 0) is 16.5 Å². The summed E-state index contributed by atoms with van der Waals surface area (Å²) in [5.74, 6) is -0.362. The lowest BCUT2D eigenvalue weighted by Crippen LogP contribution is -2.11. The van der Waals surface area contributed by atoms with Crippen LogP contribution in [0.15, 0.2) is 24.3 Å². The summed E-state index contributed by atoms with van der Waals surface area (Å²) in [4.78, 5) is 11.5. The Kier molecular flexibility index (Phi) is 1.55. The van der Waals surface area contributed by atoms with E-state index in [0.717, 1.165) is 5.56 Å². The van der Waals surface area contributed by atoms with Gasteiger partial charge in [-0.1, -0.05) is 18.2 Å². The van der Waals surface area contributed by atoms with Crippen LogP contribution in [0.5, 0.6) is 0 Å². The van der Waals surface area contributed by atoms with Crippen molar-refractivity contribution in [3.63, 3.8) is 0 Å². The molecule has 0 fully saturated rings. The van der Waals surface area contributed by atoms with Gasteiger partial charge in [0.05, 0.1) is 5.56 Å². The fourth-order valence-corrected chi connectivity index (χ4v) is 1.56. The van der Waals surface area contributed by atoms with Gasteiger partial charge in [-0.3, -0.25) is 0 Å². The molecule has 6 nitrogen and oxygen atoms in total. The van der Waals surface area contributed by atoms with Crippen LogP contribution < -0.4 is 0 Å². The molecule has 1 unspecified atom stereocenters. The van der Waals surface area contributed by atoms with Crippen LogP contribution in [0.2, 0.25) is 0 Å². The van der Waals surface area contributed by atoms with Crippen LogP contribution >= 0.6 is 0 Å². The quantitative estimate of drug-likeness (QED) is 0.616. The summed E-state index contributed by atoms with van der Waals surface area (Å²) in [7, 11) is 0. The number of fused-ring (bicyclic) bond motifs is 1. The zero-order valence-corrected chi connectivity index (χ0v) is 7.49. The minimum Gasteiger partial charge on any atom is -0.431 e. The highest BCUT2D eigenvalue weighted by molar-refractivity contribution is 5.93. The van der Waals surface area contributed by atoms with E-state index in [0.29, 0.717) is 5.56 Å². The van der Waals surface area contributed by atoms with Gasteiger partial charge in [0, 0.05) is 5.56 Å². The van der Waals surface area contributed by atoms with E-state index < -0.39 is 6.23 Å². The smallest absolute Gasteiger partial charge is 0.340 e. The molecule has 1 aliphatic rings. The zero-order valence-electron chi connectivity index (χ0n) is 7.49. The normalized spacial score (nSPS) is 18.7. The van der Waals surface area contributed by atoms with Crippen LogP contribution in [-0.4, -0.2) is 26.2 Å². The van der Waals surface area contributed by atoms with Crippen LogP contribution in [0.25, 0.3) is 0 Å². The number of carbonyl (C=O) groups is 1. The summed E-state index contributed by atoms with van der Waals surface area (Å²) in [6, 6.07) is 7.13. The Morgan fingerprint density at radius 2 is 2.27 bits per heavy atom. The monoisotopic (exact) mass is 201 g/mol. The topological polar surface area (TPSA) is 69.9 Å². The molecule has 2 heterocycles. The maximum atomic E-state index is 11.5. The van der Waals surface area contributed by atoms with Crippen LogP contribution in [0.3, 0.4) is 0 Å². The van der Waals surface area contributed by atoms with Gasteiger partial charge in [0.1, 0.15) is 0 Å². The molecule has 73 valence electrons. The van der Waals surface area contributed by atoms with Gasteiger partial charge in [0.2, 0.25) is 12.6 Å². The molecule has 0 bridgehead atoms. The first kappa shape index (κ1) is 8.10. The van der Waals surface area contributed by atoms with Gasteiger partial charge in [-0.2, -0.15) is 4.68 Å². The molecule has 1 aromatic carbocycles. The summed E-state index contributed by atoms with van der Waals surface area (Å²) < 4.78 is 6.41. The standard InChI is InChI=1S/C9H5N4O2/c14-9-7-4-2-1-3-6(7)8(15-9)13-5-10-11-12-13/h1-4,8H. The van der Waals surface area contributed by atoms with Gasteiger partial charge in [0.25, 0.3) is 0 Å². The number of benzene rings is 1. The summed E-state index contributed by atoms with van der Waals surface area (Å²) in [6.07, 6.45) is 1.91. The van der Waals surface area contributed by atoms with Gasteiger partial charge in [0.15, 0.2) is 0 Å². The van der Waals surface area contributed by atoms with Gasteiger partial charge >= 0.3 is 5.97 Å². The molecule has 3 rings (SSSR count). The molecule has 6 heteroatoms. The van der Waals surface area contributed by atoms with Crippen molar-refractivity contribution in [3.05, 3.63) is 41.7 Å². The molecule has 1 aliphatic heterocycles. The van der Waals surface area contributed by atoms with Gasteiger partial charge in [-0.15, -0.1) is 5.10 Å². The Bertz CT molecular complexity index is 509. The molecular weight excluding hydrogens is 196 g/mol. The maximum absolute atomic E-state index is 11.5. The SMILES string of the molecule is O=C1OC(n2[c]nnn2)c2ccccc21. The Labute approximate surface area is 84.5 Å². The predicted molar refractivity (Wildman–Crippen MR) is 46.6 cm³/mol. The second-order valence-electron chi connectivity index (χ2n) is 3.07. The molecule has 1 radical (unpaired) electrons. The Morgan fingerprint density at radius 3 is 3.07 bits per heavy atom. The fourth-order valence-electron chi connectivity index (χ4n) is 1.56. The van der Waals surface area contributed by atoms with Crippen molar-refractivity contribution in [1.29, 1.82) is 0 Å². The Hall–Kier alpha value is -2.24. The average Bonchev–Trinajstić information content (AvgIpc) is 2.87. The summed E-state index contributed by atoms with van der Waals surface area (Å²) in [5.41, 5.74) is 1.30. The molecule has 0 amide bonds. The number of aromatic nitrogens is 4. The van der Waals surface area contributed by atoms with Gasteiger partial charge in [-0.25, -0.2) is 4.79 Å². The van der Waals surface area contributed by atoms with Crippen molar-refractivity contribution < 1.29 is 9.53 Å². The number of nitrogens with zero attached hydrogens (tertiary/aromatic N) is 4. The number of carbonyl (C=O) groups excluding carboxylic acids is 1. The molecule has 2 aromatic rings. The first-order chi connectivity index (χ1) is 7.36. The molecule has 1 atom stereocenters. The number of hydrogen-bond donors (Lipinski definition) is 0. The minimum atomic E-state index is -0.594. The van der Waals surface area contributed by atoms with Crippen LogP contribution in [0.1, 0.15) is 22.1 Å². The predicted octanol–water partition coefficient (Wildman–Crippen LogP) is 0.191.